The van der Waals surface area contributed by atoms with Gasteiger partial charge in [-0.25, -0.2) is 0 Å². The number of aromatic nitrogens is 1. The van der Waals surface area contributed by atoms with E-state index < -0.39 is 0 Å². The Morgan fingerprint density at radius 1 is 0.692 bits per heavy atom. The van der Waals surface area contributed by atoms with Gasteiger partial charge in [-0.1, -0.05) is 17.7 Å². The first kappa shape index (κ1) is 17.5. The molecule has 0 fully saturated rings. The molecule has 5 heteroatoms. The Morgan fingerprint density at radius 3 is 1.77 bits per heavy atom. The first-order chi connectivity index (χ1) is 12.4. The molecule has 1 aromatic heterocycles. The number of amides is 2. The number of carbonyl (C=O) groups is 2. The molecular weight excluding hydrogens is 326 g/mol. The molecule has 5 nitrogen and oxygen atoms in total. The minimum absolute atomic E-state index is 0.180. The lowest BCUT2D eigenvalue weighted by molar-refractivity contribution is 0.100. The fourth-order valence-electron chi connectivity index (χ4n) is 2.62. The normalized spacial score (nSPS) is 10.4. The number of benzene rings is 2. The third-order valence-corrected chi connectivity index (χ3v) is 4.20. The number of nitrogens with zero attached hydrogens (tertiary/aromatic N) is 1. The Hall–Kier alpha value is -3.34. The Bertz CT molecular complexity index is 919. The van der Waals surface area contributed by atoms with Crippen molar-refractivity contribution in [3.63, 3.8) is 0 Å². The van der Waals surface area contributed by atoms with Gasteiger partial charge in [-0.3, -0.25) is 19.7 Å². The van der Waals surface area contributed by atoms with Gasteiger partial charge < -0.3 is 5.32 Å². The van der Waals surface area contributed by atoms with Crippen molar-refractivity contribution in [3.05, 3.63) is 88.7 Å². The molecule has 2 aromatic carbocycles. The Kier molecular flexibility index (Phi) is 4.89. The monoisotopic (exact) mass is 347 g/mol. The molecule has 1 heterocycles. The molecule has 26 heavy (non-hydrogen) atoms. The van der Waals surface area contributed by atoms with Crippen LogP contribution in [-0.2, 0) is 0 Å². The second-order valence-corrected chi connectivity index (χ2v) is 6.29. The molecule has 0 bridgehead atoms. The fourth-order valence-corrected chi connectivity index (χ4v) is 2.62. The molecule has 0 aliphatic rings. The molecule has 2 amide bonds. The van der Waals surface area contributed by atoms with E-state index in [1.165, 1.54) is 0 Å². The van der Waals surface area contributed by atoms with Crippen LogP contribution in [0.3, 0.4) is 0 Å². The summed E-state index contributed by atoms with van der Waals surface area (Å²) < 4.78 is 1.75. The lowest BCUT2D eigenvalue weighted by atomic mass is 10.1. The van der Waals surface area contributed by atoms with Crippen LogP contribution in [0.15, 0.2) is 60.7 Å². The van der Waals surface area contributed by atoms with Crippen molar-refractivity contribution in [2.45, 2.75) is 20.8 Å². The zero-order valence-corrected chi connectivity index (χ0v) is 15.0. The van der Waals surface area contributed by atoms with Gasteiger partial charge in [0.15, 0.2) is 0 Å². The second-order valence-electron chi connectivity index (χ2n) is 6.29. The summed E-state index contributed by atoms with van der Waals surface area (Å²) in [6, 6.07) is 18.1. The largest absolute Gasteiger partial charge is 0.322 e. The molecule has 3 aromatic rings. The minimum atomic E-state index is -0.205. The Morgan fingerprint density at radius 2 is 1.19 bits per heavy atom. The van der Waals surface area contributed by atoms with Gasteiger partial charge in [0.2, 0.25) is 0 Å². The highest BCUT2D eigenvalue weighted by Gasteiger charge is 2.10. The van der Waals surface area contributed by atoms with Gasteiger partial charge in [-0.2, -0.15) is 0 Å². The van der Waals surface area contributed by atoms with E-state index in [-0.39, 0.29) is 11.8 Å². The molecule has 0 aliphatic heterocycles. The zero-order valence-electron chi connectivity index (χ0n) is 15.0. The van der Waals surface area contributed by atoms with Gasteiger partial charge in [0.1, 0.15) is 0 Å². The lowest BCUT2D eigenvalue weighted by Crippen LogP contribution is -2.24. The summed E-state index contributed by atoms with van der Waals surface area (Å²) in [6.07, 6.45) is 0. The number of aryl methyl sites for hydroxylation is 3. The minimum Gasteiger partial charge on any atom is -0.322 e. The van der Waals surface area contributed by atoms with E-state index in [0.29, 0.717) is 16.8 Å². The van der Waals surface area contributed by atoms with Crippen LogP contribution in [0.25, 0.3) is 0 Å². The summed E-state index contributed by atoms with van der Waals surface area (Å²) >= 11 is 0. The van der Waals surface area contributed by atoms with Crippen molar-refractivity contribution in [1.82, 2.24) is 4.68 Å². The quantitative estimate of drug-likeness (QED) is 0.748. The van der Waals surface area contributed by atoms with Crippen molar-refractivity contribution < 1.29 is 9.59 Å². The predicted molar refractivity (Wildman–Crippen MR) is 103 cm³/mol. The number of carbonyl (C=O) groups excluding carboxylic acids is 2. The van der Waals surface area contributed by atoms with Crippen molar-refractivity contribution in [3.8, 4) is 0 Å². The highest BCUT2D eigenvalue weighted by Crippen LogP contribution is 2.13. The summed E-state index contributed by atoms with van der Waals surface area (Å²) in [5.74, 6) is -0.385. The smallest absolute Gasteiger partial charge is 0.270 e. The fraction of sp³-hybridized carbons (Fsp3) is 0.143. The van der Waals surface area contributed by atoms with Crippen LogP contribution in [0.5, 0.6) is 0 Å². The van der Waals surface area contributed by atoms with E-state index in [4.69, 9.17) is 0 Å². The topological polar surface area (TPSA) is 63.1 Å². The number of hydrogen-bond donors (Lipinski definition) is 2. The third-order valence-electron chi connectivity index (χ3n) is 4.20. The molecule has 0 atom stereocenters. The number of nitrogens with one attached hydrogen (secondary N) is 2. The van der Waals surface area contributed by atoms with Crippen LogP contribution in [0.1, 0.15) is 37.7 Å². The lowest BCUT2D eigenvalue weighted by Gasteiger charge is -2.12. The molecular formula is C21H21N3O2. The van der Waals surface area contributed by atoms with Gasteiger partial charge in [0.05, 0.1) is 0 Å². The SMILES string of the molecule is Cc1ccc(C(=O)Nc2ccc(C(=O)Nn3c(C)ccc3C)cc2)cc1. The molecule has 2 N–H and O–H groups in total. The zero-order chi connectivity index (χ0) is 18.7. The van der Waals surface area contributed by atoms with Crippen LogP contribution in [0.4, 0.5) is 5.69 Å². The number of anilines is 1. The van der Waals surface area contributed by atoms with E-state index >= 15 is 0 Å². The summed E-state index contributed by atoms with van der Waals surface area (Å²) in [6.45, 7) is 5.83. The van der Waals surface area contributed by atoms with E-state index in [1.54, 1.807) is 41.1 Å². The number of rotatable bonds is 4. The second kappa shape index (κ2) is 7.27. The van der Waals surface area contributed by atoms with Crippen molar-refractivity contribution in [2.24, 2.45) is 0 Å². The van der Waals surface area contributed by atoms with Crippen LogP contribution >= 0.6 is 0 Å². The summed E-state index contributed by atoms with van der Waals surface area (Å²) in [4.78, 5) is 24.6. The van der Waals surface area contributed by atoms with E-state index in [1.807, 2.05) is 45.0 Å². The standard InChI is InChI=1S/C21H21N3O2/c1-14-4-8-17(9-5-14)20(25)22-19-12-10-18(11-13-19)21(26)23-24-15(2)6-7-16(24)3/h4-13H,1-3H3,(H,22,25)(H,23,26). The number of hydrogen-bond acceptors (Lipinski definition) is 2. The Labute approximate surface area is 152 Å². The molecule has 0 radical (unpaired) electrons. The van der Waals surface area contributed by atoms with Crippen LogP contribution in [0, 0.1) is 20.8 Å². The third kappa shape index (κ3) is 3.83. The molecule has 3 rings (SSSR count). The van der Waals surface area contributed by atoms with Crippen molar-refractivity contribution in [1.29, 1.82) is 0 Å². The van der Waals surface area contributed by atoms with Gasteiger partial charge in [0, 0.05) is 28.2 Å². The molecule has 0 saturated heterocycles. The van der Waals surface area contributed by atoms with Gasteiger partial charge in [0.25, 0.3) is 11.8 Å². The molecule has 0 unspecified atom stereocenters. The maximum absolute atomic E-state index is 12.4. The molecule has 0 saturated carbocycles. The summed E-state index contributed by atoms with van der Waals surface area (Å²) in [7, 11) is 0. The predicted octanol–water partition coefficient (Wildman–Crippen LogP) is 4.05. The van der Waals surface area contributed by atoms with Gasteiger partial charge in [-0.15, -0.1) is 0 Å². The Balaban J connectivity index is 1.67. The van der Waals surface area contributed by atoms with Crippen molar-refractivity contribution in [2.75, 3.05) is 10.7 Å². The van der Waals surface area contributed by atoms with Crippen molar-refractivity contribution >= 4 is 17.5 Å². The average molecular weight is 347 g/mol. The first-order valence-electron chi connectivity index (χ1n) is 8.38. The summed E-state index contributed by atoms with van der Waals surface area (Å²) in [5, 5.41) is 2.83. The maximum atomic E-state index is 12.4. The van der Waals surface area contributed by atoms with E-state index in [2.05, 4.69) is 10.7 Å². The van der Waals surface area contributed by atoms with Crippen LogP contribution in [-0.4, -0.2) is 16.5 Å². The highest BCUT2D eigenvalue weighted by atomic mass is 16.2. The molecule has 0 spiro atoms. The maximum Gasteiger partial charge on any atom is 0.270 e. The van der Waals surface area contributed by atoms with Gasteiger partial charge >= 0.3 is 0 Å². The van der Waals surface area contributed by atoms with Crippen LogP contribution < -0.4 is 10.7 Å². The first-order valence-corrected chi connectivity index (χ1v) is 8.38. The highest BCUT2D eigenvalue weighted by molar-refractivity contribution is 6.05. The summed E-state index contributed by atoms with van der Waals surface area (Å²) in [5.41, 5.74) is 7.62. The molecule has 0 aliphatic carbocycles. The van der Waals surface area contributed by atoms with Crippen LogP contribution in [0.2, 0.25) is 0 Å². The molecule has 132 valence electrons. The average Bonchev–Trinajstić information content (AvgIpc) is 2.94. The van der Waals surface area contributed by atoms with E-state index in [0.717, 1.165) is 17.0 Å². The van der Waals surface area contributed by atoms with E-state index in [9.17, 15) is 9.59 Å². The van der Waals surface area contributed by atoms with Gasteiger partial charge in [-0.05, 0) is 69.3 Å².